The lowest BCUT2D eigenvalue weighted by Gasteiger charge is -2.33. The predicted octanol–water partition coefficient (Wildman–Crippen LogP) is 2.13. The summed E-state index contributed by atoms with van der Waals surface area (Å²) < 4.78 is 13.0. The quantitative estimate of drug-likeness (QED) is 0.874. The highest BCUT2D eigenvalue weighted by Crippen LogP contribution is 2.19. The highest BCUT2D eigenvalue weighted by Gasteiger charge is 2.22. The van der Waals surface area contributed by atoms with Gasteiger partial charge in [-0.25, -0.2) is 4.39 Å². The number of nitrogens with zero attached hydrogens (tertiary/aromatic N) is 1. The van der Waals surface area contributed by atoms with Crippen molar-refractivity contribution < 1.29 is 14.1 Å². The van der Waals surface area contributed by atoms with Crippen molar-refractivity contribution in [1.82, 2.24) is 0 Å². The molecule has 0 bridgehead atoms. The van der Waals surface area contributed by atoms with Gasteiger partial charge in [0.25, 0.3) is 5.91 Å². The van der Waals surface area contributed by atoms with Gasteiger partial charge in [-0.1, -0.05) is 17.7 Å². The van der Waals surface area contributed by atoms with Gasteiger partial charge in [0, 0.05) is 16.4 Å². The smallest absolute Gasteiger partial charge is 0.279 e. The van der Waals surface area contributed by atoms with E-state index in [1.165, 1.54) is 17.0 Å². The molecule has 2 aromatic rings. The van der Waals surface area contributed by atoms with Gasteiger partial charge in [0.15, 0.2) is 6.54 Å². The van der Waals surface area contributed by atoms with E-state index in [1.807, 2.05) is 19.1 Å². The Bertz CT molecular complexity index is 743. The minimum Gasteiger partial charge on any atom is -0.360 e. The third-order valence-electron chi connectivity index (χ3n) is 4.53. The van der Waals surface area contributed by atoms with Crippen molar-refractivity contribution in [3.63, 3.8) is 0 Å². The summed E-state index contributed by atoms with van der Waals surface area (Å²) in [6.07, 6.45) is 0. The molecule has 1 heterocycles. The van der Waals surface area contributed by atoms with Gasteiger partial charge >= 0.3 is 0 Å². The first kappa shape index (κ1) is 17.7. The highest BCUT2D eigenvalue weighted by molar-refractivity contribution is 6.31. The maximum atomic E-state index is 13.0. The molecule has 25 heavy (non-hydrogen) atoms. The maximum absolute atomic E-state index is 13.0. The van der Waals surface area contributed by atoms with Crippen molar-refractivity contribution >= 4 is 28.9 Å². The Morgan fingerprint density at radius 2 is 1.88 bits per heavy atom. The fourth-order valence-electron chi connectivity index (χ4n) is 3.01. The van der Waals surface area contributed by atoms with E-state index in [-0.39, 0.29) is 11.7 Å². The molecule has 0 saturated carbocycles. The molecule has 2 aromatic carbocycles. The number of nitrogens with one attached hydrogen (secondary N) is 2. The Hall–Kier alpha value is -2.11. The number of quaternary nitrogens is 1. The van der Waals surface area contributed by atoms with E-state index in [9.17, 15) is 9.18 Å². The second-order valence-electron chi connectivity index (χ2n) is 6.40. The van der Waals surface area contributed by atoms with Crippen LogP contribution in [0.5, 0.6) is 0 Å². The van der Waals surface area contributed by atoms with E-state index >= 15 is 0 Å². The standard InChI is InChI=1S/C19H21ClFN3O/c1-14-2-5-16(12-18(14)20)22-19(25)13-23-8-10-24(11-9-23)17-6-3-15(21)4-7-17/h2-7,12H,8-11,13H2,1H3,(H,22,25)/p+1. The molecule has 2 N–H and O–H groups in total. The first-order chi connectivity index (χ1) is 12.0. The highest BCUT2D eigenvalue weighted by atomic mass is 35.5. The molecular formula is C19H22ClFN3O+. The number of amides is 1. The first-order valence-corrected chi connectivity index (χ1v) is 8.79. The molecular weight excluding hydrogens is 341 g/mol. The summed E-state index contributed by atoms with van der Waals surface area (Å²) in [6.45, 7) is 5.82. The van der Waals surface area contributed by atoms with Gasteiger partial charge in [-0.05, 0) is 48.9 Å². The summed E-state index contributed by atoms with van der Waals surface area (Å²) in [5.41, 5.74) is 2.74. The maximum Gasteiger partial charge on any atom is 0.279 e. The van der Waals surface area contributed by atoms with Crippen LogP contribution in [0.4, 0.5) is 15.8 Å². The summed E-state index contributed by atoms with van der Waals surface area (Å²) in [6, 6.07) is 12.1. The third kappa shape index (κ3) is 4.71. The Kier molecular flexibility index (Phi) is 5.56. The Balaban J connectivity index is 1.49. The number of halogens is 2. The fourth-order valence-corrected chi connectivity index (χ4v) is 3.19. The Morgan fingerprint density at radius 3 is 2.52 bits per heavy atom. The van der Waals surface area contributed by atoms with Gasteiger partial charge in [0.05, 0.1) is 26.2 Å². The number of hydrogen-bond acceptors (Lipinski definition) is 2. The lowest BCUT2D eigenvalue weighted by molar-refractivity contribution is -0.892. The van der Waals surface area contributed by atoms with Crippen LogP contribution in [0.1, 0.15) is 5.56 Å². The molecule has 1 aliphatic heterocycles. The minimum absolute atomic E-state index is 0.00912. The van der Waals surface area contributed by atoms with Crippen molar-refractivity contribution in [2.24, 2.45) is 0 Å². The summed E-state index contributed by atoms with van der Waals surface area (Å²) in [5.74, 6) is -0.231. The second kappa shape index (κ2) is 7.85. The van der Waals surface area contributed by atoms with Crippen LogP contribution in [0.15, 0.2) is 42.5 Å². The van der Waals surface area contributed by atoms with Gasteiger partial charge in [-0.15, -0.1) is 0 Å². The van der Waals surface area contributed by atoms with Crippen molar-refractivity contribution in [3.05, 3.63) is 58.9 Å². The second-order valence-corrected chi connectivity index (χ2v) is 6.81. The Labute approximate surface area is 152 Å². The molecule has 6 heteroatoms. The van der Waals surface area contributed by atoms with E-state index in [0.717, 1.165) is 43.1 Å². The average molecular weight is 363 g/mol. The van der Waals surface area contributed by atoms with Gasteiger partial charge < -0.3 is 15.1 Å². The van der Waals surface area contributed by atoms with E-state index in [4.69, 9.17) is 11.6 Å². The van der Waals surface area contributed by atoms with Crippen LogP contribution >= 0.6 is 11.6 Å². The zero-order valence-electron chi connectivity index (χ0n) is 14.2. The van der Waals surface area contributed by atoms with Crippen molar-refractivity contribution in [2.45, 2.75) is 6.92 Å². The number of hydrogen-bond donors (Lipinski definition) is 2. The number of anilines is 2. The number of carbonyl (C=O) groups is 1. The monoisotopic (exact) mass is 362 g/mol. The predicted molar refractivity (Wildman–Crippen MR) is 99.0 cm³/mol. The molecule has 4 nitrogen and oxygen atoms in total. The van der Waals surface area contributed by atoms with Crippen molar-refractivity contribution in [2.75, 3.05) is 42.9 Å². The Morgan fingerprint density at radius 1 is 1.20 bits per heavy atom. The van der Waals surface area contributed by atoms with Crippen LogP contribution in [-0.4, -0.2) is 38.6 Å². The molecule has 0 aromatic heterocycles. The fraction of sp³-hybridized carbons (Fsp3) is 0.316. The van der Waals surface area contributed by atoms with E-state index in [1.54, 1.807) is 18.2 Å². The lowest BCUT2D eigenvalue weighted by atomic mass is 10.2. The molecule has 0 aliphatic carbocycles. The van der Waals surface area contributed by atoms with E-state index in [2.05, 4.69) is 10.2 Å². The van der Waals surface area contributed by atoms with E-state index < -0.39 is 0 Å². The molecule has 1 aliphatic rings. The third-order valence-corrected chi connectivity index (χ3v) is 4.94. The van der Waals surface area contributed by atoms with Crippen LogP contribution < -0.4 is 15.1 Å². The number of benzene rings is 2. The minimum atomic E-state index is -0.221. The van der Waals surface area contributed by atoms with Gasteiger partial charge in [0.2, 0.25) is 0 Å². The largest absolute Gasteiger partial charge is 0.360 e. The van der Waals surface area contributed by atoms with Crippen LogP contribution in [-0.2, 0) is 4.79 Å². The van der Waals surface area contributed by atoms with Gasteiger partial charge in [0.1, 0.15) is 5.82 Å². The van der Waals surface area contributed by atoms with Crippen LogP contribution in [0.2, 0.25) is 5.02 Å². The zero-order chi connectivity index (χ0) is 17.8. The molecule has 0 spiro atoms. The van der Waals surface area contributed by atoms with Gasteiger partial charge in [-0.2, -0.15) is 0 Å². The zero-order valence-corrected chi connectivity index (χ0v) is 14.9. The molecule has 1 fully saturated rings. The molecule has 0 unspecified atom stereocenters. The number of aryl methyl sites for hydroxylation is 1. The summed E-state index contributed by atoms with van der Waals surface area (Å²) in [7, 11) is 0. The molecule has 1 amide bonds. The van der Waals surface area contributed by atoms with Crippen molar-refractivity contribution in [1.29, 1.82) is 0 Å². The molecule has 0 atom stereocenters. The van der Waals surface area contributed by atoms with Crippen molar-refractivity contribution in [3.8, 4) is 0 Å². The molecule has 1 saturated heterocycles. The van der Waals surface area contributed by atoms with E-state index in [0.29, 0.717) is 11.6 Å². The molecule has 0 radical (unpaired) electrons. The SMILES string of the molecule is Cc1ccc(NC(=O)C[NH+]2CCN(c3ccc(F)cc3)CC2)cc1Cl. The normalized spacial score (nSPS) is 15.2. The topological polar surface area (TPSA) is 36.8 Å². The average Bonchev–Trinajstić information content (AvgIpc) is 2.60. The number of piperazine rings is 1. The summed E-state index contributed by atoms with van der Waals surface area (Å²) >= 11 is 6.09. The first-order valence-electron chi connectivity index (χ1n) is 8.41. The molecule has 132 valence electrons. The summed E-state index contributed by atoms with van der Waals surface area (Å²) in [5, 5.41) is 3.56. The summed E-state index contributed by atoms with van der Waals surface area (Å²) in [4.78, 5) is 15.7. The lowest BCUT2D eigenvalue weighted by Crippen LogP contribution is -3.15. The number of carbonyl (C=O) groups excluding carboxylic acids is 1. The van der Waals surface area contributed by atoms with Crippen LogP contribution in [0, 0.1) is 12.7 Å². The van der Waals surface area contributed by atoms with Gasteiger partial charge in [-0.3, -0.25) is 4.79 Å². The van der Waals surface area contributed by atoms with Crippen LogP contribution in [0.25, 0.3) is 0 Å². The number of rotatable bonds is 4. The van der Waals surface area contributed by atoms with Crippen LogP contribution in [0.3, 0.4) is 0 Å². The molecule has 3 rings (SSSR count).